The number of allylic oxidation sites excluding steroid dienone is 2. The number of rotatable bonds is 2. The predicted molar refractivity (Wildman–Crippen MR) is 177 cm³/mol. The molecule has 0 spiro atoms. The zero-order chi connectivity index (χ0) is 30.5. The summed E-state index contributed by atoms with van der Waals surface area (Å²) in [5, 5.41) is 13.8. The van der Waals surface area contributed by atoms with E-state index in [0.29, 0.717) is 0 Å². The van der Waals surface area contributed by atoms with E-state index in [-0.39, 0.29) is 37.1 Å². The van der Waals surface area contributed by atoms with Gasteiger partial charge in [-0.25, -0.2) is 0 Å². The Labute approximate surface area is 270 Å². The van der Waals surface area contributed by atoms with Crippen molar-refractivity contribution in [1.82, 2.24) is 9.55 Å². The minimum atomic E-state index is -0.417. The maximum atomic E-state index is 11.5. The number of carbonyl (C=O) groups excluding carboxylic acids is 1. The van der Waals surface area contributed by atoms with Gasteiger partial charge >= 0.3 is 0 Å². The number of carbonyl (C=O) groups is 1. The van der Waals surface area contributed by atoms with Crippen molar-refractivity contribution in [3.8, 4) is 5.69 Å². The van der Waals surface area contributed by atoms with Crippen LogP contribution < -0.4 is 0 Å². The van der Waals surface area contributed by atoms with Gasteiger partial charge in [0.1, 0.15) is 11.3 Å². The molecule has 0 aliphatic rings. The zero-order valence-electron chi connectivity index (χ0n) is 25.7. The van der Waals surface area contributed by atoms with Crippen molar-refractivity contribution in [2.45, 2.75) is 41.5 Å². The van der Waals surface area contributed by atoms with Gasteiger partial charge in [0.05, 0.1) is 11.1 Å². The number of fused-ring (bicyclic) bond motifs is 3. The SMILES string of the molecule is CC(C)(C)C(=O)/C=C(\O)C(C)(C)C.[Ir].[c-]1ccc2oc3cccc4c3c2c1c1nc2ccccc2cc1n4-c1ccccc1. The van der Waals surface area contributed by atoms with E-state index in [4.69, 9.17) is 9.40 Å². The molecule has 7 aromatic rings. The van der Waals surface area contributed by atoms with Gasteiger partial charge in [-0.1, -0.05) is 95.5 Å². The molecule has 5 nitrogen and oxygen atoms in total. The molecule has 3 heterocycles. The van der Waals surface area contributed by atoms with Crippen molar-refractivity contribution in [3.63, 3.8) is 0 Å². The van der Waals surface area contributed by atoms with Crippen molar-refractivity contribution >= 4 is 60.6 Å². The molecular weight excluding hydrogens is 725 g/mol. The Morgan fingerprint density at radius 1 is 0.818 bits per heavy atom. The predicted octanol–water partition coefficient (Wildman–Crippen LogP) is 10.1. The summed E-state index contributed by atoms with van der Waals surface area (Å²) in [6, 6.07) is 34.6. The monoisotopic (exact) mass is 760 g/mol. The van der Waals surface area contributed by atoms with Crippen molar-refractivity contribution < 1.29 is 34.4 Å². The number of furan rings is 1. The number of hydrogen-bond acceptors (Lipinski definition) is 4. The van der Waals surface area contributed by atoms with Crippen LogP contribution in [0.1, 0.15) is 41.5 Å². The van der Waals surface area contributed by atoms with Crippen LogP contribution in [0.25, 0.3) is 60.5 Å². The number of aliphatic hydroxyl groups excluding tert-OH is 1. The van der Waals surface area contributed by atoms with Crippen molar-refractivity contribution in [1.29, 1.82) is 0 Å². The second-order valence-electron chi connectivity index (χ2n) is 13.0. The number of aromatic nitrogens is 2. The fourth-order valence-electron chi connectivity index (χ4n) is 5.16. The van der Waals surface area contributed by atoms with Crippen LogP contribution in [0.4, 0.5) is 0 Å². The molecule has 7 rings (SSSR count). The fraction of sp³-hybridized carbons (Fsp3) is 0.211. The van der Waals surface area contributed by atoms with E-state index in [2.05, 4.69) is 71.3 Å². The van der Waals surface area contributed by atoms with E-state index in [1.165, 1.54) is 6.08 Å². The standard InChI is InChI=1S/C27H15N2O.C11H20O2.Ir/c1-2-9-18(10-3-1)29-21-13-7-15-24-26(21)25-19(11-6-14-23(25)30-24)27-22(29)16-17-8-4-5-12-20(17)28-27;1-10(2,3)8(12)7-9(13)11(4,5)6;/h1-10,12-16H;7,12H,1-6H3;/q-1;;/b;8-7-;. The molecule has 0 aliphatic heterocycles. The molecule has 6 heteroatoms. The van der Waals surface area contributed by atoms with Gasteiger partial charge in [0.2, 0.25) is 0 Å². The molecule has 0 aliphatic carbocycles. The van der Waals surface area contributed by atoms with Crippen LogP contribution in [0, 0.1) is 16.9 Å². The van der Waals surface area contributed by atoms with Crippen LogP contribution in [0.2, 0.25) is 0 Å². The van der Waals surface area contributed by atoms with E-state index < -0.39 is 5.41 Å². The molecule has 44 heavy (non-hydrogen) atoms. The second kappa shape index (κ2) is 11.7. The van der Waals surface area contributed by atoms with Crippen LogP contribution >= 0.6 is 0 Å². The Balaban J connectivity index is 0.000000237. The third kappa shape index (κ3) is 5.68. The number of benzene rings is 4. The molecule has 1 radical (unpaired) electrons. The molecule has 0 amide bonds. The van der Waals surface area contributed by atoms with E-state index >= 15 is 0 Å². The Morgan fingerprint density at radius 2 is 1.50 bits per heavy atom. The number of hydrogen-bond donors (Lipinski definition) is 1. The molecular formula is C38H35IrN2O3-. The maximum Gasteiger partial charge on any atom is 0.164 e. The van der Waals surface area contributed by atoms with Gasteiger partial charge in [0, 0.05) is 70.0 Å². The Morgan fingerprint density at radius 3 is 2.20 bits per heavy atom. The maximum absolute atomic E-state index is 11.5. The topological polar surface area (TPSA) is 68.3 Å². The Hall–Kier alpha value is -4.25. The summed E-state index contributed by atoms with van der Waals surface area (Å²) in [5.41, 5.74) is 6.10. The van der Waals surface area contributed by atoms with Crippen LogP contribution in [0.5, 0.6) is 0 Å². The Kier molecular flexibility index (Phi) is 8.28. The smallest absolute Gasteiger partial charge is 0.164 e. The van der Waals surface area contributed by atoms with Gasteiger partial charge in [0.25, 0.3) is 0 Å². The molecule has 0 bridgehead atoms. The van der Waals surface area contributed by atoms with E-state index in [9.17, 15) is 9.90 Å². The van der Waals surface area contributed by atoms with Crippen molar-refractivity contribution in [2.75, 3.05) is 0 Å². The molecule has 0 atom stereocenters. The fourth-order valence-corrected chi connectivity index (χ4v) is 5.16. The van der Waals surface area contributed by atoms with Crippen LogP contribution in [-0.2, 0) is 24.9 Å². The Bertz CT molecular complexity index is 2180. The molecule has 1 N–H and O–H groups in total. The van der Waals surface area contributed by atoms with Gasteiger partial charge in [-0.2, -0.15) is 0 Å². The van der Waals surface area contributed by atoms with E-state index in [1.807, 2.05) is 71.9 Å². The largest absolute Gasteiger partial charge is 0.512 e. The summed E-state index contributed by atoms with van der Waals surface area (Å²) in [4.78, 5) is 16.6. The van der Waals surface area contributed by atoms with Crippen LogP contribution in [0.3, 0.4) is 0 Å². The molecule has 0 unspecified atom stereocenters. The summed E-state index contributed by atoms with van der Waals surface area (Å²) >= 11 is 0. The normalized spacial score (nSPS) is 12.5. The first-order valence-electron chi connectivity index (χ1n) is 14.5. The first-order valence-corrected chi connectivity index (χ1v) is 14.5. The average Bonchev–Trinajstić information content (AvgIpc) is 3.31. The molecule has 225 valence electrons. The first-order chi connectivity index (χ1) is 20.4. The third-order valence-corrected chi connectivity index (χ3v) is 7.65. The third-order valence-electron chi connectivity index (χ3n) is 7.65. The average molecular weight is 760 g/mol. The van der Waals surface area contributed by atoms with Crippen molar-refractivity contribution in [3.05, 3.63) is 109 Å². The summed E-state index contributed by atoms with van der Waals surface area (Å²) in [7, 11) is 0. The summed E-state index contributed by atoms with van der Waals surface area (Å²) in [6.45, 7) is 11.1. The van der Waals surface area contributed by atoms with Gasteiger partial charge in [-0.15, -0.1) is 17.5 Å². The molecule has 0 fully saturated rings. The summed E-state index contributed by atoms with van der Waals surface area (Å²) < 4.78 is 8.51. The number of pyridine rings is 1. The minimum absolute atomic E-state index is 0. The van der Waals surface area contributed by atoms with Gasteiger partial charge in [0.15, 0.2) is 5.78 Å². The molecule has 4 aromatic carbocycles. The summed E-state index contributed by atoms with van der Waals surface area (Å²) in [6.07, 6.45) is 1.33. The van der Waals surface area contributed by atoms with E-state index in [1.54, 1.807) is 0 Å². The first kappa shape index (κ1) is 31.2. The number of ketones is 1. The molecule has 0 saturated carbocycles. The second-order valence-corrected chi connectivity index (χ2v) is 13.0. The number of aliphatic hydroxyl groups is 1. The number of nitrogens with zero attached hydrogens (tertiary/aromatic N) is 2. The zero-order valence-corrected chi connectivity index (χ0v) is 28.1. The number of para-hydroxylation sites is 2. The van der Waals surface area contributed by atoms with Gasteiger partial charge < -0.3 is 14.1 Å². The summed E-state index contributed by atoms with van der Waals surface area (Å²) in [5.74, 6) is 0.104. The van der Waals surface area contributed by atoms with Gasteiger partial charge in [-0.3, -0.25) is 9.78 Å². The molecule has 0 saturated heterocycles. The van der Waals surface area contributed by atoms with Crippen LogP contribution in [0.15, 0.2) is 107 Å². The quantitative estimate of drug-likeness (QED) is 0.108. The van der Waals surface area contributed by atoms with Gasteiger partial charge in [-0.05, 0) is 36.4 Å². The van der Waals surface area contributed by atoms with E-state index in [0.717, 1.165) is 60.5 Å². The van der Waals surface area contributed by atoms with Crippen LogP contribution in [-0.4, -0.2) is 20.4 Å². The molecule has 3 aromatic heterocycles. The van der Waals surface area contributed by atoms with Crippen molar-refractivity contribution in [2.24, 2.45) is 10.8 Å². The minimum Gasteiger partial charge on any atom is -0.512 e.